The summed E-state index contributed by atoms with van der Waals surface area (Å²) in [5, 5.41) is 18.5. The summed E-state index contributed by atoms with van der Waals surface area (Å²) < 4.78 is 1.00. The highest BCUT2D eigenvalue weighted by Gasteiger charge is 2.08. The van der Waals surface area contributed by atoms with E-state index in [1.165, 1.54) is 22.7 Å². The van der Waals surface area contributed by atoms with Crippen LogP contribution in [0.3, 0.4) is 0 Å². The summed E-state index contributed by atoms with van der Waals surface area (Å²) in [6, 6.07) is 17.0. The number of benzene rings is 2. The summed E-state index contributed by atoms with van der Waals surface area (Å²) in [5.74, 6) is 0.0302. The summed E-state index contributed by atoms with van der Waals surface area (Å²) in [7, 11) is 2.08. The molecule has 0 aliphatic carbocycles. The van der Waals surface area contributed by atoms with E-state index in [0.717, 1.165) is 38.9 Å². The van der Waals surface area contributed by atoms with Crippen LogP contribution in [0.5, 0.6) is 0 Å². The van der Waals surface area contributed by atoms with Crippen LogP contribution in [-0.2, 0) is 0 Å². The number of rotatable bonds is 8. The molecular weight excluding hydrogens is 440 g/mol. The molecule has 32 heavy (non-hydrogen) atoms. The van der Waals surface area contributed by atoms with Crippen LogP contribution in [0.2, 0.25) is 0 Å². The van der Waals surface area contributed by atoms with Crippen molar-refractivity contribution in [3.05, 3.63) is 60.2 Å². The number of Topliss-reactive ketones (excluding diaryl/α,β-unsaturated/α-hetero) is 1. The molecule has 0 fully saturated rings. The number of aromatic nitrogens is 1. The minimum Gasteiger partial charge on any atom is -0.375 e. The number of fused-ring (bicyclic) bond motifs is 1. The average molecular weight is 463 g/mol. The number of azo groups is 2. The highest BCUT2D eigenvalue weighted by atomic mass is 32.1. The Hall–Kier alpha value is -3.30. The zero-order chi connectivity index (χ0) is 22.5. The lowest BCUT2D eigenvalue weighted by molar-refractivity contribution is 0.101. The second-order valence-electron chi connectivity index (χ2n) is 7.19. The molecule has 0 N–H and O–H groups in total. The number of anilines is 1. The molecule has 9 heteroatoms. The van der Waals surface area contributed by atoms with Gasteiger partial charge in [0.25, 0.3) is 0 Å². The molecule has 0 unspecified atom stereocenters. The topological polar surface area (TPSA) is 82.6 Å². The van der Waals surface area contributed by atoms with E-state index in [2.05, 4.69) is 56.4 Å². The van der Waals surface area contributed by atoms with E-state index >= 15 is 0 Å². The quantitative estimate of drug-likeness (QED) is 0.195. The summed E-state index contributed by atoms with van der Waals surface area (Å²) in [5.41, 5.74) is 3.31. The molecule has 0 aliphatic heterocycles. The second kappa shape index (κ2) is 9.88. The molecule has 0 saturated carbocycles. The normalized spacial score (nSPS) is 11.7. The number of hydrogen-bond acceptors (Lipinski definition) is 9. The number of thiazole rings is 1. The van der Waals surface area contributed by atoms with Crippen molar-refractivity contribution in [1.29, 1.82) is 0 Å². The van der Waals surface area contributed by atoms with Crippen LogP contribution >= 0.6 is 22.7 Å². The predicted molar refractivity (Wildman–Crippen MR) is 132 cm³/mol. The molecule has 0 aliphatic rings. The van der Waals surface area contributed by atoms with Crippen LogP contribution in [0, 0.1) is 0 Å². The third-order valence-electron chi connectivity index (χ3n) is 4.70. The van der Waals surface area contributed by atoms with Gasteiger partial charge in [-0.05, 0) is 67.9 Å². The van der Waals surface area contributed by atoms with Gasteiger partial charge in [-0.15, -0.1) is 20.5 Å². The predicted octanol–water partition coefficient (Wildman–Crippen LogP) is 8.24. The van der Waals surface area contributed by atoms with E-state index in [4.69, 9.17) is 0 Å². The molecule has 0 atom stereocenters. The fourth-order valence-electron chi connectivity index (χ4n) is 3.01. The van der Waals surface area contributed by atoms with Gasteiger partial charge in [-0.2, -0.15) is 0 Å². The third kappa shape index (κ3) is 5.30. The summed E-state index contributed by atoms with van der Waals surface area (Å²) in [6.45, 7) is 4.72. The Morgan fingerprint density at radius 1 is 0.938 bits per heavy atom. The first-order valence-electron chi connectivity index (χ1n) is 10.2. The van der Waals surface area contributed by atoms with Gasteiger partial charge in [0.1, 0.15) is 9.83 Å². The Morgan fingerprint density at radius 3 is 2.22 bits per heavy atom. The first-order valence-corrected chi connectivity index (χ1v) is 11.8. The molecule has 7 nitrogen and oxygen atoms in total. The van der Waals surface area contributed by atoms with Gasteiger partial charge in [-0.3, -0.25) is 4.79 Å². The van der Waals surface area contributed by atoms with Crippen LogP contribution in [0.4, 0.5) is 27.2 Å². The zero-order valence-electron chi connectivity index (χ0n) is 18.0. The van der Waals surface area contributed by atoms with E-state index in [-0.39, 0.29) is 5.78 Å². The maximum absolute atomic E-state index is 11.3. The van der Waals surface area contributed by atoms with Crippen LogP contribution in [-0.4, -0.2) is 24.4 Å². The van der Waals surface area contributed by atoms with E-state index in [9.17, 15) is 4.79 Å². The minimum atomic E-state index is 0.0302. The first-order chi connectivity index (χ1) is 15.5. The van der Waals surface area contributed by atoms with Crippen LogP contribution < -0.4 is 4.90 Å². The third-order valence-corrected chi connectivity index (χ3v) is 6.63. The number of hydrogen-bond donors (Lipinski definition) is 0. The van der Waals surface area contributed by atoms with Gasteiger partial charge in [0.05, 0.1) is 16.1 Å². The lowest BCUT2D eigenvalue weighted by Gasteiger charge is -2.17. The smallest absolute Gasteiger partial charge is 0.231 e. The van der Waals surface area contributed by atoms with Gasteiger partial charge in [0.15, 0.2) is 5.78 Å². The average Bonchev–Trinajstić information content (AvgIpc) is 3.35. The van der Waals surface area contributed by atoms with Crippen molar-refractivity contribution in [2.45, 2.75) is 20.3 Å². The molecule has 0 radical (unpaired) electrons. The molecule has 0 saturated heterocycles. The summed E-state index contributed by atoms with van der Waals surface area (Å²) >= 11 is 2.92. The number of carbonyl (C=O) groups excluding carboxylic acids is 1. The van der Waals surface area contributed by atoms with Crippen molar-refractivity contribution in [1.82, 2.24) is 4.98 Å². The van der Waals surface area contributed by atoms with E-state index in [1.807, 2.05) is 18.2 Å². The highest BCUT2D eigenvalue weighted by Crippen LogP contribution is 2.39. The van der Waals surface area contributed by atoms with Gasteiger partial charge in [0, 0.05) is 24.8 Å². The molecule has 4 rings (SSSR count). The maximum atomic E-state index is 11.3. The Bertz CT molecular complexity index is 1240. The molecular formula is C23H22N6OS2. The van der Waals surface area contributed by atoms with Gasteiger partial charge in [-0.25, -0.2) is 4.98 Å². The Kier molecular flexibility index (Phi) is 6.77. The Morgan fingerprint density at radius 2 is 1.59 bits per heavy atom. The molecule has 4 aromatic rings. The van der Waals surface area contributed by atoms with E-state index in [1.54, 1.807) is 31.2 Å². The van der Waals surface area contributed by atoms with Crippen molar-refractivity contribution in [3.8, 4) is 0 Å². The van der Waals surface area contributed by atoms with Gasteiger partial charge >= 0.3 is 0 Å². The number of ketones is 1. The van der Waals surface area contributed by atoms with E-state index in [0.29, 0.717) is 16.4 Å². The largest absolute Gasteiger partial charge is 0.375 e. The lowest BCUT2D eigenvalue weighted by Crippen LogP contribution is -2.17. The molecule has 0 spiro atoms. The molecule has 0 bridgehead atoms. The number of nitrogens with zero attached hydrogens (tertiary/aromatic N) is 6. The summed E-state index contributed by atoms with van der Waals surface area (Å²) in [4.78, 5) is 19.0. The van der Waals surface area contributed by atoms with Crippen molar-refractivity contribution >= 4 is 65.2 Å². The fraction of sp³-hybridized carbons (Fsp3) is 0.217. The molecule has 2 aromatic heterocycles. The molecule has 0 amide bonds. The summed E-state index contributed by atoms with van der Waals surface area (Å²) in [6.07, 6.45) is 1.11. The standard InChI is InChI=1S/C23H22N6OS2/c1-4-13-29(3)19-11-9-18(10-12-19)26-28-23-24-22-20(31-23)14-21(32-22)27-25-17-7-5-16(6-8-17)15(2)30/h5-12,14H,4,13H2,1-3H3. The van der Waals surface area contributed by atoms with Crippen LogP contribution in [0.25, 0.3) is 9.53 Å². The number of thiophene rings is 1. The zero-order valence-corrected chi connectivity index (χ0v) is 19.7. The first kappa shape index (κ1) is 21.9. The minimum absolute atomic E-state index is 0.0302. The maximum Gasteiger partial charge on any atom is 0.231 e. The molecule has 162 valence electrons. The van der Waals surface area contributed by atoms with Crippen molar-refractivity contribution in [2.24, 2.45) is 20.5 Å². The van der Waals surface area contributed by atoms with Gasteiger partial charge < -0.3 is 4.90 Å². The Balaban J connectivity index is 1.41. The highest BCUT2D eigenvalue weighted by molar-refractivity contribution is 7.30. The Labute approximate surface area is 194 Å². The molecule has 2 aromatic carbocycles. The van der Waals surface area contributed by atoms with Crippen molar-refractivity contribution < 1.29 is 4.79 Å². The second-order valence-corrected chi connectivity index (χ2v) is 9.21. The van der Waals surface area contributed by atoms with Gasteiger partial charge in [-0.1, -0.05) is 29.6 Å². The van der Waals surface area contributed by atoms with Crippen molar-refractivity contribution in [3.63, 3.8) is 0 Å². The molecule has 2 heterocycles. The lowest BCUT2D eigenvalue weighted by atomic mass is 10.1. The van der Waals surface area contributed by atoms with Crippen molar-refractivity contribution in [2.75, 3.05) is 18.5 Å². The SMILES string of the molecule is CCCN(C)c1ccc(N=Nc2nc3sc(N=Nc4ccc(C(C)=O)cc4)cc3s2)cc1. The monoisotopic (exact) mass is 462 g/mol. The fourth-order valence-corrected chi connectivity index (χ4v) is 4.86. The number of carbonyl (C=O) groups is 1. The van der Waals surface area contributed by atoms with E-state index < -0.39 is 0 Å². The van der Waals surface area contributed by atoms with Crippen LogP contribution in [0.15, 0.2) is 75.1 Å². The van der Waals surface area contributed by atoms with Gasteiger partial charge in [0.2, 0.25) is 5.13 Å². The van der Waals surface area contributed by atoms with Crippen LogP contribution in [0.1, 0.15) is 30.6 Å².